The van der Waals surface area contributed by atoms with Gasteiger partial charge in [-0.25, -0.2) is 4.39 Å². The van der Waals surface area contributed by atoms with Crippen molar-refractivity contribution < 1.29 is 13.7 Å². The van der Waals surface area contributed by atoms with Gasteiger partial charge in [-0.15, -0.1) is 0 Å². The van der Waals surface area contributed by atoms with E-state index in [4.69, 9.17) is 4.52 Å². The molecule has 0 radical (unpaired) electrons. The van der Waals surface area contributed by atoms with Crippen molar-refractivity contribution in [2.24, 2.45) is 5.92 Å². The topological polar surface area (TPSA) is 91.0 Å². The fraction of sp³-hybridized carbons (Fsp3) is 0.320. The van der Waals surface area contributed by atoms with Crippen LogP contribution in [0.2, 0.25) is 0 Å². The maximum absolute atomic E-state index is 14.8. The molecule has 32 heavy (non-hydrogen) atoms. The van der Waals surface area contributed by atoms with Crippen LogP contribution in [-0.4, -0.2) is 29.2 Å². The molecule has 1 aliphatic carbocycles. The molecule has 1 aromatic heterocycles. The minimum Gasteiger partial charge on any atom is -0.356 e. The summed E-state index contributed by atoms with van der Waals surface area (Å²) in [6.45, 7) is 0. The second-order valence-corrected chi connectivity index (χ2v) is 8.56. The number of piperidine rings is 1. The average Bonchev–Trinajstić information content (AvgIpc) is 3.57. The van der Waals surface area contributed by atoms with E-state index in [2.05, 4.69) is 21.9 Å². The number of benzene rings is 2. The summed E-state index contributed by atoms with van der Waals surface area (Å²) in [7, 11) is 0. The SMILES string of the molecule is N#C[C@H](Cc1ccc(-c2cc(-c3ccccc3)no2)cc1F)NC(=O)[C@H]1N[C@@H]2CC[C@H]1C2. The first-order chi connectivity index (χ1) is 15.6. The summed E-state index contributed by atoms with van der Waals surface area (Å²) < 4.78 is 20.2. The number of nitrogens with zero attached hydrogens (tertiary/aromatic N) is 2. The minimum atomic E-state index is -0.793. The highest BCUT2D eigenvalue weighted by molar-refractivity contribution is 5.83. The summed E-state index contributed by atoms with van der Waals surface area (Å²) in [6, 6.07) is 17.6. The minimum absolute atomic E-state index is 0.0981. The Bertz CT molecular complexity index is 1170. The summed E-state index contributed by atoms with van der Waals surface area (Å²) in [5, 5.41) is 19.7. The molecule has 2 bridgehead atoms. The molecule has 6 nitrogen and oxygen atoms in total. The van der Waals surface area contributed by atoms with Crippen LogP contribution in [0.25, 0.3) is 22.6 Å². The Morgan fingerprint density at radius 2 is 2.06 bits per heavy atom. The van der Waals surface area contributed by atoms with E-state index in [9.17, 15) is 14.4 Å². The van der Waals surface area contributed by atoms with Gasteiger partial charge in [0.25, 0.3) is 0 Å². The molecule has 1 saturated heterocycles. The third kappa shape index (κ3) is 4.02. The lowest BCUT2D eigenvalue weighted by Gasteiger charge is -2.23. The maximum Gasteiger partial charge on any atom is 0.238 e. The molecule has 1 aliphatic heterocycles. The number of hydrogen-bond donors (Lipinski definition) is 2. The molecule has 1 saturated carbocycles. The van der Waals surface area contributed by atoms with Gasteiger partial charge in [-0.05, 0) is 36.8 Å². The van der Waals surface area contributed by atoms with Crippen molar-refractivity contribution in [3.05, 3.63) is 66.0 Å². The number of aromatic nitrogens is 1. The zero-order chi connectivity index (χ0) is 22.1. The van der Waals surface area contributed by atoms with Crippen molar-refractivity contribution in [1.29, 1.82) is 5.26 Å². The molecule has 2 aromatic carbocycles. The maximum atomic E-state index is 14.8. The van der Waals surface area contributed by atoms with Gasteiger partial charge in [0.15, 0.2) is 5.76 Å². The zero-order valence-corrected chi connectivity index (χ0v) is 17.4. The molecular weight excluding hydrogens is 407 g/mol. The fourth-order valence-electron chi connectivity index (χ4n) is 4.78. The molecule has 5 rings (SSSR count). The van der Waals surface area contributed by atoms with Crippen LogP contribution in [0.1, 0.15) is 24.8 Å². The normalized spacial score (nSPS) is 22.4. The quantitative estimate of drug-likeness (QED) is 0.620. The Labute approximate surface area is 185 Å². The summed E-state index contributed by atoms with van der Waals surface area (Å²) in [6.07, 6.45) is 3.25. The first kappa shape index (κ1) is 20.4. The van der Waals surface area contributed by atoms with Crippen molar-refractivity contribution in [2.75, 3.05) is 0 Å². The molecular formula is C25H23FN4O2. The lowest BCUT2D eigenvalue weighted by Crippen LogP contribution is -2.50. The summed E-state index contributed by atoms with van der Waals surface area (Å²) in [5.41, 5.74) is 2.51. The molecule has 3 aromatic rings. The highest BCUT2D eigenvalue weighted by atomic mass is 19.1. The predicted molar refractivity (Wildman–Crippen MR) is 117 cm³/mol. The van der Waals surface area contributed by atoms with Crippen molar-refractivity contribution >= 4 is 5.91 Å². The van der Waals surface area contributed by atoms with Crippen LogP contribution in [-0.2, 0) is 11.2 Å². The van der Waals surface area contributed by atoms with Crippen LogP contribution in [0, 0.1) is 23.1 Å². The van der Waals surface area contributed by atoms with Crippen molar-refractivity contribution in [3.8, 4) is 28.7 Å². The van der Waals surface area contributed by atoms with Crippen LogP contribution in [0.15, 0.2) is 59.1 Å². The Morgan fingerprint density at radius 3 is 2.75 bits per heavy atom. The van der Waals surface area contributed by atoms with Gasteiger partial charge in [-0.2, -0.15) is 5.26 Å². The monoisotopic (exact) mass is 430 g/mol. The molecule has 7 heteroatoms. The Morgan fingerprint density at radius 1 is 1.22 bits per heavy atom. The number of fused-ring (bicyclic) bond motifs is 2. The zero-order valence-electron chi connectivity index (χ0n) is 17.4. The van der Waals surface area contributed by atoms with Crippen LogP contribution < -0.4 is 10.6 Å². The molecule has 2 fully saturated rings. The third-order valence-corrected chi connectivity index (χ3v) is 6.46. The number of hydrogen-bond acceptors (Lipinski definition) is 5. The molecule has 1 amide bonds. The predicted octanol–water partition coefficient (Wildman–Crippen LogP) is 3.84. The smallest absolute Gasteiger partial charge is 0.238 e. The summed E-state index contributed by atoms with van der Waals surface area (Å²) in [5.74, 6) is 0.170. The van der Waals surface area contributed by atoms with E-state index in [0.717, 1.165) is 24.8 Å². The molecule has 2 N–H and O–H groups in total. The Kier molecular flexibility index (Phi) is 5.46. The van der Waals surface area contributed by atoms with Gasteiger partial charge in [0, 0.05) is 29.7 Å². The number of halogens is 1. The van der Waals surface area contributed by atoms with Crippen LogP contribution in [0.4, 0.5) is 4.39 Å². The van der Waals surface area contributed by atoms with E-state index in [1.165, 1.54) is 6.07 Å². The molecule has 0 unspecified atom stereocenters. The van der Waals surface area contributed by atoms with Crippen molar-refractivity contribution in [1.82, 2.24) is 15.8 Å². The molecule has 2 heterocycles. The second kappa shape index (κ2) is 8.56. The largest absolute Gasteiger partial charge is 0.356 e. The number of rotatable bonds is 6. The standard InChI is InChI=1S/C25H23FN4O2/c26-21-12-17(23-13-22(30-32-23)15-4-2-1-3-5-15)7-6-16(21)10-20(14-27)29-25(31)24-18-8-9-19(11-18)28-24/h1-7,12-13,18-20,24,28H,8-11H2,(H,29,31)/t18-,19+,20-,24-/m0/s1. The van der Waals surface area contributed by atoms with Gasteiger partial charge >= 0.3 is 0 Å². The number of carbonyl (C=O) groups excluding carboxylic acids is 1. The highest BCUT2D eigenvalue weighted by Gasteiger charge is 2.43. The van der Waals surface area contributed by atoms with Gasteiger partial charge in [-0.3, -0.25) is 4.79 Å². The van der Waals surface area contributed by atoms with Gasteiger partial charge in [0.2, 0.25) is 5.91 Å². The van der Waals surface area contributed by atoms with E-state index in [-0.39, 0.29) is 18.4 Å². The number of nitriles is 1. The van der Waals surface area contributed by atoms with Crippen molar-refractivity contribution in [3.63, 3.8) is 0 Å². The number of nitrogens with one attached hydrogen (secondary N) is 2. The van der Waals surface area contributed by atoms with E-state index < -0.39 is 11.9 Å². The van der Waals surface area contributed by atoms with Gasteiger partial charge in [0.05, 0.1) is 12.1 Å². The van der Waals surface area contributed by atoms with Crippen LogP contribution in [0.3, 0.4) is 0 Å². The Hall–Kier alpha value is -3.50. The summed E-state index contributed by atoms with van der Waals surface area (Å²) >= 11 is 0. The first-order valence-electron chi connectivity index (χ1n) is 10.9. The molecule has 4 atom stereocenters. The third-order valence-electron chi connectivity index (χ3n) is 6.46. The van der Waals surface area contributed by atoms with Crippen molar-refractivity contribution in [2.45, 2.75) is 43.8 Å². The lowest BCUT2D eigenvalue weighted by atomic mass is 9.98. The van der Waals surface area contributed by atoms with E-state index in [0.29, 0.717) is 34.5 Å². The summed E-state index contributed by atoms with van der Waals surface area (Å²) in [4.78, 5) is 12.6. The Balaban J connectivity index is 1.26. The van der Waals surface area contributed by atoms with Crippen LogP contribution >= 0.6 is 0 Å². The fourth-order valence-corrected chi connectivity index (χ4v) is 4.78. The van der Waals surface area contributed by atoms with Gasteiger partial charge < -0.3 is 15.2 Å². The number of carbonyl (C=O) groups is 1. The molecule has 2 aliphatic rings. The highest BCUT2D eigenvalue weighted by Crippen LogP contribution is 2.35. The van der Waals surface area contributed by atoms with Crippen LogP contribution in [0.5, 0.6) is 0 Å². The van der Waals surface area contributed by atoms with Gasteiger partial charge in [0.1, 0.15) is 17.6 Å². The lowest BCUT2D eigenvalue weighted by molar-refractivity contribution is -0.124. The molecule has 0 spiro atoms. The first-order valence-corrected chi connectivity index (χ1v) is 10.9. The average molecular weight is 430 g/mol. The van der Waals surface area contributed by atoms with Gasteiger partial charge in [-0.1, -0.05) is 47.6 Å². The second-order valence-electron chi connectivity index (χ2n) is 8.56. The number of amides is 1. The van der Waals surface area contributed by atoms with E-state index in [1.54, 1.807) is 18.2 Å². The van der Waals surface area contributed by atoms with E-state index >= 15 is 0 Å². The molecule has 162 valence electrons. The van der Waals surface area contributed by atoms with E-state index in [1.807, 2.05) is 30.3 Å².